The van der Waals surface area contributed by atoms with Gasteiger partial charge < -0.3 is 47.2 Å². The highest BCUT2D eigenvalue weighted by Gasteiger charge is 2.33. The van der Waals surface area contributed by atoms with Crippen molar-refractivity contribution in [2.45, 2.75) is 43.6 Å². The molecule has 5 atom stereocenters. The van der Waals surface area contributed by atoms with E-state index in [0.29, 0.717) is 0 Å². The van der Waals surface area contributed by atoms with E-state index < -0.39 is 79.6 Å². The molecule has 0 fully saturated rings. The number of carboxylic acid groups (broad SMARTS) is 2. The fourth-order valence-electron chi connectivity index (χ4n) is 1.85. The van der Waals surface area contributed by atoms with E-state index in [4.69, 9.17) is 26.2 Å². The lowest BCUT2D eigenvalue weighted by Crippen LogP contribution is -2.60. The lowest BCUT2D eigenvalue weighted by atomic mass is 10.1. The highest BCUT2D eigenvalue weighted by molar-refractivity contribution is 5.95. The molecule has 5 unspecified atom stereocenters. The van der Waals surface area contributed by atoms with Gasteiger partial charge in [-0.3, -0.25) is 19.2 Å². The summed E-state index contributed by atoms with van der Waals surface area (Å²) in [6.45, 7) is -0.645. The lowest BCUT2D eigenvalue weighted by molar-refractivity contribution is -0.144. The van der Waals surface area contributed by atoms with Crippen molar-refractivity contribution in [2.75, 3.05) is 13.2 Å². The van der Waals surface area contributed by atoms with E-state index in [-0.39, 0.29) is 0 Å². The number of hydrogen-bond donors (Lipinski definition) is 9. The van der Waals surface area contributed by atoms with Crippen LogP contribution in [0.2, 0.25) is 0 Å². The number of amides is 3. The Morgan fingerprint density at radius 1 is 0.857 bits per heavy atom. The zero-order chi connectivity index (χ0) is 22.0. The largest absolute Gasteiger partial charge is 0.481 e. The number of aliphatic hydroxyl groups excluding tert-OH is 3. The van der Waals surface area contributed by atoms with Crippen LogP contribution in [0.1, 0.15) is 13.3 Å². The third-order valence-electron chi connectivity index (χ3n) is 3.40. The van der Waals surface area contributed by atoms with Crippen molar-refractivity contribution < 1.29 is 49.5 Å². The van der Waals surface area contributed by atoms with Gasteiger partial charge in [0.15, 0.2) is 0 Å². The van der Waals surface area contributed by atoms with Gasteiger partial charge in [0.2, 0.25) is 17.7 Å². The monoisotopic (exact) mass is 408 g/mol. The molecule has 0 spiro atoms. The maximum Gasteiger partial charge on any atom is 0.328 e. The normalized spacial score (nSPS) is 16.0. The Hall–Kier alpha value is -2.81. The minimum Gasteiger partial charge on any atom is -0.481 e. The van der Waals surface area contributed by atoms with Gasteiger partial charge in [0.05, 0.1) is 25.7 Å². The fraction of sp³-hybridized carbons (Fsp3) is 0.643. The van der Waals surface area contributed by atoms with Crippen LogP contribution in [0.3, 0.4) is 0 Å². The minimum atomic E-state index is -1.72. The molecule has 0 saturated carbocycles. The molecule has 14 heteroatoms. The summed E-state index contributed by atoms with van der Waals surface area (Å²) in [5.41, 5.74) is 5.27. The molecule has 0 saturated heterocycles. The highest BCUT2D eigenvalue weighted by atomic mass is 16.4. The number of hydrogen-bond acceptors (Lipinski definition) is 9. The molecule has 28 heavy (non-hydrogen) atoms. The summed E-state index contributed by atoms with van der Waals surface area (Å²) in [6, 6.07) is -6.56. The van der Waals surface area contributed by atoms with E-state index in [1.165, 1.54) is 0 Å². The first-order chi connectivity index (χ1) is 12.9. The SMILES string of the molecule is CC(O)C(NC(=O)C(CC(=O)O)NC(=O)C(N)CO)C(=O)NC(CO)C(=O)O. The zero-order valence-electron chi connectivity index (χ0n) is 14.9. The molecule has 0 aliphatic rings. The predicted octanol–water partition coefficient (Wildman–Crippen LogP) is -5.31. The van der Waals surface area contributed by atoms with E-state index in [1.807, 2.05) is 16.0 Å². The summed E-state index contributed by atoms with van der Waals surface area (Å²) >= 11 is 0. The molecule has 0 bridgehead atoms. The minimum absolute atomic E-state index is 0.774. The zero-order valence-corrected chi connectivity index (χ0v) is 14.9. The maximum absolute atomic E-state index is 12.3. The second kappa shape index (κ2) is 11.8. The average molecular weight is 408 g/mol. The van der Waals surface area contributed by atoms with Crippen LogP contribution in [0.15, 0.2) is 0 Å². The number of aliphatic hydroxyl groups is 3. The summed E-state index contributed by atoms with van der Waals surface area (Å²) in [5.74, 6) is -6.44. The Balaban J connectivity index is 5.32. The standard InChI is InChI=1S/C14H24N4O10/c1-5(21)10(13(26)17-8(4-20)14(27)28)18-12(25)7(2-9(22)23)16-11(24)6(15)3-19/h5-8,10,19-21H,2-4,15H2,1H3,(H,16,24)(H,17,26)(H,18,25)(H,22,23)(H,27,28). The molecule has 0 aromatic rings. The van der Waals surface area contributed by atoms with Crippen LogP contribution in [0.5, 0.6) is 0 Å². The molecule has 0 aromatic heterocycles. The fourth-order valence-corrected chi connectivity index (χ4v) is 1.85. The van der Waals surface area contributed by atoms with Gasteiger partial charge >= 0.3 is 11.9 Å². The number of carbonyl (C=O) groups excluding carboxylic acids is 3. The van der Waals surface area contributed by atoms with Gasteiger partial charge in [-0.05, 0) is 6.92 Å². The molecule has 0 aromatic carbocycles. The summed E-state index contributed by atoms with van der Waals surface area (Å²) in [5, 5.41) is 51.0. The van der Waals surface area contributed by atoms with E-state index >= 15 is 0 Å². The van der Waals surface area contributed by atoms with Crippen LogP contribution in [0.25, 0.3) is 0 Å². The first-order valence-electron chi connectivity index (χ1n) is 7.95. The Bertz CT molecular complexity index is 597. The van der Waals surface area contributed by atoms with Crippen LogP contribution in [0.4, 0.5) is 0 Å². The van der Waals surface area contributed by atoms with Crippen molar-refractivity contribution in [1.82, 2.24) is 16.0 Å². The molecule has 160 valence electrons. The number of aliphatic carboxylic acids is 2. The Kier molecular flexibility index (Phi) is 10.6. The van der Waals surface area contributed by atoms with Gasteiger partial charge in [-0.15, -0.1) is 0 Å². The Labute approximate surface area is 158 Å². The third kappa shape index (κ3) is 8.26. The van der Waals surface area contributed by atoms with Gasteiger partial charge in [0.25, 0.3) is 0 Å². The van der Waals surface area contributed by atoms with Crippen LogP contribution < -0.4 is 21.7 Å². The summed E-state index contributed by atoms with van der Waals surface area (Å²) < 4.78 is 0. The van der Waals surface area contributed by atoms with Crippen molar-refractivity contribution in [3.63, 3.8) is 0 Å². The number of carbonyl (C=O) groups is 5. The van der Waals surface area contributed by atoms with E-state index in [2.05, 4.69) is 0 Å². The van der Waals surface area contributed by atoms with E-state index in [1.54, 1.807) is 0 Å². The van der Waals surface area contributed by atoms with Gasteiger partial charge in [-0.1, -0.05) is 0 Å². The number of nitrogens with one attached hydrogen (secondary N) is 3. The average Bonchev–Trinajstić information content (AvgIpc) is 2.61. The first kappa shape index (κ1) is 25.2. The molecule has 14 nitrogen and oxygen atoms in total. The molecular formula is C14H24N4O10. The Morgan fingerprint density at radius 2 is 1.39 bits per heavy atom. The molecule has 10 N–H and O–H groups in total. The maximum atomic E-state index is 12.3. The number of nitrogens with two attached hydrogens (primary N) is 1. The van der Waals surface area contributed by atoms with Crippen molar-refractivity contribution in [2.24, 2.45) is 5.73 Å². The van der Waals surface area contributed by atoms with Crippen LogP contribution >= 0.6 is 0 Å². The molecule has 0 aliphatic carbocycles. The molecule has 0 rings (SSSR count). The smallest absolute Gasteiger partial charge is 0.328 e. The van der Waals surface area contributed by atoms with Crippen molar-refractivity contribution >= 4 is 29.7 Å². The summed E-state index contributed by atoms with van der Waals surface area (Å²) in [4.78, 5) is 57.8. The van der Waals surface area contributed by atoms with Gasteiger partial charge in [0, 0.05) is 0 Å². The first-order valence-corrected chi connectivity index (χ1v) is 7.95. The van der Waals surface area contributed by atoms with Crippen molar-refractivity contribution in [1.29, 1.82) is 0 Å². The van der Waals surface area contributed by atoms with Gasteiger partial charge in [-0.2, -0.15) is 0 Å². The van der Waals surface area contributed by atoms with Crippen molar-refractivity contribution in [3.05, 3.63) is 0 Å². The molecule has 0 radical (unpaired) electrons. The van der Waals surface area contributed by atoms with E-state index in [9.17, 15) is 29.1 Å². The molecule has 0 aliphatic heterocycles. The Morgan fingerprint density at radius 3 is 1.79 bits per heavy atom. The number of rotatable bonds is 12. The van der Waals surface area contributed by atoms with Crippen molar-refractivity contribution in [3.8, 4) is 0 Å². The lowest BCUT2D eigenvalue weighted by Gasteiger charge is -2.25. The summed E-state index contributed by atoms with van der Waals surface area (Å²) in [7, 11) is 0. The topological polar surface area (TPSA) is 249 Å². The summed E-state index contributed by atoms with van der Waals surface area (Å²) in [6.07, 6.45) is -2.45. The third-order valence-corrected chi connectivity index (χ3v) is 3.40. The van der Waals surface area contributed by atoms with Crippen LogP contribution in [0, 0.1) is 0 Å². The van der Waals surface area contributed by atoms with E-state index in [0.717, 1.165) is 6.92 Å². The molecular weight excluding hydrogens is 384 g/mol. The molecule has 0 heterocycles. The quantitative estimate of drug-likeness (QED) is 0.147. The van der Waals surface area contributed by atoms with Crippen LogP contribution in [-0.4, -0.2) is 98.7 Å². The molecule has 3 amide bonds. The van der Waals surface area contributed by atoms with Gasteiger partial charge in [0.1, 0.15) is 24.2 Å². The van der Waals surface area contributed by atoms with Gasteiger partial charge in [-0.25, -0.2) is 4.79 Å². The highest BCUT2D eigenvalue weighted by Crippen LogP contribution is 2.00. The van der Waals surface area contributed by atoms with Crippen LogP contribution in [-0.2, 0) is 24.0 Å². The number of carboxylic acids is 2. The second-order valence-corrected chi connectivity index (χ2v) is 5.76. The second-order valence-electron chi connectivity index (χ2n) is 5.76. The predicted molar refractivity (Wildman–Crippen MR) is 89.5 cm³/mol.